The summed E-state index contributed by atoms with van der Waals surface area (Å²) in [6.45, 7) is 5.19. The Morgan fingerprint density at radius 2 is 2.14 bits per heavy atom. The van der Waals surface area contributed by atoms with Crippen LogP contribution in [-0.2, 0) is 16.6 Å². The van der Waals surface area contributed by atoms with Gasteiger partial charge in [-0.05, 0) is 38.6 Å². The Morgan fingerprint density at radius 1 is 1.43 bits per heavy atom. The fourth-order valence-electron chi connectivity index (χ4n) is 2.98. The summed E-state index contributed by atoms with van der Waals surface area (Å²) >= 11 is 0. The molecule has 0 bridgehead atoms. The lowest BCUT2D eigenvalue weighted by atomic mass is 9.85. The molecule has 0 aliphatic heterocycles. The van der Waals surface area contributed by atoms with Crippen LogP contribution in [-0.4, -0.2) is 30.6 Å². The van der Waals surface area contributed by atoms with Crippen molar-refractivity contribution in [3.05, 3.63) is 12.0 Å². The summed E-state index contributed by atoms with van der Waals surface area (Å²) < 4.78 is 29.7. The van der Waals surface area contributed by atoms with Gasteiger partial charge in [-0.15, -0.1) is 0 Å². The van der Waals surface area contributed by atoms with Gasteiger partial charge in [0.15, 0.2) is 5.03 Å². The highest BCUT2D eigenvalue weighted by atomic mass is 32.2. The Hall–Kier alpha value is -0.920. The summed E-state index contributed by atoms with van der Waals surface area (Å²) in [6.07, 6.45) is 6.60. The van der Waals surface area contributed by atoms with E-state index in [9.17, 15) is 8.42 Å². The molecule has 21 heavy (non-hydrogen) atoms. The third-order valence-electron chi connectivity index (χ3n) is 4.21. The Labute approximate surface area is 127 Å². The number of nitrogens with two attached hydrogens (primary N) is 1. The smallest absolute Gasteiger partial charge is 0.259 e. The summed E-state index contributed by atoms with van der Waals surface area (Å²) in [6, 6.07) is -0.0645. The number of nitrogens with zero attached hydrogens (tertiary/aromatic N) is 2. The molecule has 1 aliphatic rings. The van der Waals surface area contributed by atoms with Gasteiger partial charge < -0.3 is 10.3 Å². The van der Waals surface area contributed by atoms with E-state index in [-0.39, 0.29) is 17.0 Å². The van der Waals surface area contributed by atoms with Crippen LogP contribution in [0.3, 0.4) is 0 Å². The van der Waals surface area contributed by atoms with Crippen LogP contribution in [0, 0.1) is 12.8 Å². The molecule has 1 heterocycles. The zero-order valence-corrected chi connectivity index (χ0v) is 13.7. The van der Waals surface area contributed by atoms with Crippen molar-refractivity contribution in [1.29, 1.82) is 0 Å². The number of aromatic nitrogens is 2. The first-order valence-electron chi connectivity index (χ1n) is 7.74. The summed E-state index contributed by atoms with van der Waals surface area (Å²) in [5, 5.41) is 0.120. The van der Waals surface area contributed by atoms with Crippen LogP contribution >= 0.6 is 0 Å². The molecule has 2 unspecified atom stereocenters. The summed E-state index contributed by atoms with van der Waals surface area (Å²) in [5.74, 6) is 0.962. The van der Waals surface area contributed by atoms with Crippen LogP contribution in [0.25, 0.3) is 0 Å². The van der Waals surface area contributed by atoms with Gasteiger partial charge in [0, 0.05) is 18.8 Å². The molecular formula is C14H26N4O2S. The molecule has 0 radical (unpaired) electrons. The van der Waals surface area contributed by atoms with Crippen molar-refractivity contribution in [3.8, 4) is 0 Å². The highest BCUT2D eigenvalue weighted by Crippen LogP contribution is 2.25. The van der Waals surface area contributed by atoms with Gasteiger partial charge in [-0.25, -0.2) is 18.1 Å². The topological polar surface area (TPSA) is 90.0 Å². The lowest BCUT2D eigenvalue weighted by Crippen LogP contribution is -2.44. The van der Waals surface area contributed by atoms with Gasteiger partial charge in [-0.3, -0.25) is 0 Å². The predicted molar refractivity (Wildman–Crippen MR) is 82.4 cm³/mol. The molecule has 1 saturated carbocycles. The number of hydrogen-bond donors (Lipinski definition) is 2. The lowest BCUT2D eigenvalue weighted by molar-refractivity contribution is 0.296. The minimum Gasteiger partial charge on any atom is -0.334 e. The van der Waals surface area contributed by atoms with Gasteiger partial charge in [0.1, 0.15) is 5.82 Å². The molecule has 7 heteroatoms. The maximum absolute atomic E-state index is 12.5. The van der Waals surface area contributed by atoms with Crippen molar-refractivity contribution < 1.29 is 8.42 Å². The molecule has 3 N–H and O–H groups in total. The minimum absolute atomic E-state index is 0.0645. The SMILES string of the molecule is CCCn1cc(S(=O)(=O)NC2CCCCC2CN)nc1C. The first-order valence-corrected chi connectivity index (χ1v) is 9.22. The first-order chi connectivity index (χ1) is 9.97. The Balaban J connectivity index is 2.15. The zero-order chi connectivity index (χ0) is 15.5. The van der Waals surface area contributed by atoms with Crippen molar-refractivity contribution in [2.75, 3.05) is 6.54 Å². The second kappa shape index (κ2) is 6.89. The first kappa shape index (κ1) is 16.5. The molecule has 6 nitrogen and oxygen atoms in total. The van der Waals surface area contributed by atoms with Crippen molar-refractivity contribution >= 4 is 10.0 Å². The molecule has 1 fully saturated rings. The normalized spacial score (nSPS) is 23.4. The highest BCUT2D eigenvalue weighted by molar-refractivity contribution is 7.89. The third-order valence-corrected chi connectivity index (χ3v) is 5.57. The van der Waals surface area contributed by atoms with Gasteiger partial charge in [0.25, 0.3) is 10.0 Å². The van der Waals surface area contributed by atoms with Crippen LogP contribution < -0.4 is 10.5 Å². The second-order valence-corrected chi connectivity index (χ2v) is 7.49. The van der Waals surface area contributed by atoms with Crippen molar-refractivity contribution in [1.82, 2.24) is 14.3 Å². The Kier molecular flexibility index (Phi) is 5.40. The van der Waals surface area contributed by atoms with E-state index in [0.717, 1.165) is 44.5 Å². The number of imidazole rings is 1. The molecule has 0 saturated heterocycles. The van der Waals surface area contributed by atoms with E-state index in [4.69, 9.17) is 5.73 Å². The minimum atomic E-state index is -3.56. The van der Waals surface area contributed by atoms with Crippen LogP contribution in [0.2, 0.25) is 0 Å². The quantitative estimate of drug-likeness (QED) is 0.830. The maximum atomic E-state index is 12.5. The highest BCUT2D eigenvalue weighted by Gasteiger charge is 2.30. The van der Waals surface area contributed by atoms with E-state index in [1.807, 2.05) is 11.5 Å². The number of hydrogen-bond acceptors (Lipinski definition) is 4. The van der Waals surface area contributed by atoms with Gasteiger partial charge in [0.2, 0.25) is 0 Å². The van der Waals surface area contributed by atoms with Gasteiger partial charge in [0.05, 0.1) is 0 Å². The second-order valence-electron chi connectivity index (χ2n) is 5.83. The average Bonchev–Trinajstić information content (AvgIpc) is 2.82. The summed E-state index contributed by atoms with van der Waals surface area (Å²) in [7, 11) is -3.56. The molecule has 0 amide bonds. The lowest BCUT2D eigenvalue weighted by Gasteiger charge is -2.30. The van der Waals surface area contributed by atoms with Gasteiger partial charge >= 0.3 is 0 Å². The number of rotatable bonds is 6. The van der Waals surface area contributed by atoms with Crippen molar-refractivity contribution in [2.24, 2.45) is 11.7 Å². The standard InChI is InChI=1S/C14H26N4O2S/c1-3-8-18-10-14(16-11(18)2)21(19,20)17-13-7-5-4-6-12(13)9-15/h10,12-13,17H,3-9,15H2,1-2H3. The van der Waals surface area contributed by atoms with Crippen LogP contribution in [0.1, 0.15) is 44.9 Å². The largest absolute Gasteiger partial charge is 0.334 e. The van der Waals surface area contributed by atoms with Crippen molar-refractivity contribution in [2.45, 2.75) is 63.6 Å². The van der Waals surface area contributed by atoms with E-state index in [1.54, 1.807) is 6.20 Å². The summed E-state index contributed by atoms with van der Waals surface area (Å²) in [5.41, 5.74) is 5.76. The van der Waals surface area contributed by atoms with Crippen molar-refractivity contribution in [3.63, 3.8) is 0 Å². The van der Waals surface area contributed by atoms with E-state index in [1.165, 1.54) is 0 Å². The number of sulfonamides is 1. The van der Waals surface area contributed by atoms with Gasteiger partial charge in [-0.2, -0.15) is 0 Å². The molecule has 1 aromatic heterocycles. The van der Waals surface area contributed by atoms with E-state index in [0.29, 0.717) is 6.54 Å². The molecule has 120 valence electrons. The molecule has 1 aliphatic carbocycles. The van der Waals surface area contributed by atoms with Gasteiger partial charge in [-0.1, -0.05) is 19.8 Å². The van der Waals surface area contributed by atoms with Crippen LogP contribution in [0.4, 0.5) is 0 Å². The Bertz CT molecular complexity index is 568. The van der Waals surface area contributed by atoms with Crippen LogP contribution in [0.5, 0.6) is 0 Å². The summed E-state index contributed by atoms with van der Waals surface area (Å²) in [4.78, 5) is 4.20. The predicted octanol–water partition coefficient (Wildman–Crippen LogP) is 1.40. The Morgan fingerprint density at radius 3 is 2.81 bits per heavy atom. The average molecular weight is 314 g/mol. The molecular weight excluding hydrogens is 288 g/mol. The van der Waals surface area contributed by atoms with Crippen LogP contribution in [0.15, 0.2) is 11.2 Å². The third kappa shape index (κ3) is 3.84. The number of aryl methyl sites for hydroxylation is 2. The van der Waals surface area contributed by atoms with E-state index < -0.39 is 10.0 Å². The molecule has 2 atom stereocenters. The monoisotopic (exact) mass is 314 g/mol. The fourth-order valence-corrected chi connectivity index (χ4v) is 4.33. The molecule has 0 aromatic carbocycles. The van der Waals surface area contributed by atoms with E-state index >= 15 is 0 Å². The molecule has 0 spiro atoms. The fraction of sp³-hybridized carbons (Fsp3) is 0.786. The number of nitrogens with one attached hydrogen (secondary N) is 1. The molecule has 2 rings (SSSR count). The van der Waals surface area contributed by atoms with E-state index in [2.05, 4.69) is 16.6 Å². The maximum Gasteiger partial charge on any atom is 0.259 e. The zero-order valence-electron chi connectivity index (χ0n) is 12.9. The molecule has 1 aromatic rings.